The average Bonchev–Trinajstić information content (AvgIpc) is 3.30. The molecule has 1 aromatic heterocycles. The van der Waals surface area contributed by atoms with Crippen LogP contribution in [-0.2, 0) is 17.8 Å². The molecule has 9 nitrogen and oxygen atoms in total. The summed E-state index contributed by atoms with van der Waals surface area (Å²) in [5.41, 5.74) is 1.14. The van der Waals surface area contributed by atoms with Crippen molar-refractivity contribution in [1.29, 1.82) is 5.26 Å². The van der Waals surface area contributed by atoms with Crippen molar-refractivity contribution < 1.29 is 31.5 Å². The van der Waals surface area contributed by atoms with Crippen LogP contribution in [-0.4, -0.2) is 101 Å². The zero-order chi connectivity index (χ0) is 32.0. The molecule has 3 atom stereocenters. The molecule has 0 saturated carbocycles. The molecule has 4 rings (SSSR count). The molecule has 3 aliphatic heterocycles. The Hall–Kier alpha value is -3.99. The van der Waals surface area contributed by atoms with Gasteiger partial charge in [0.05, 0.1) is 37.2 Å². The molecule has 0 N–H and O–H groups in total. The Bertz CT molecular complexity index is 1340. The molecule has 2 saturated heterocycles. The van der Waals surface area contributed by atoms with E-state index in [0.29, 0.717) is 44.0 Å². The lowest BCUT2D eigenvalue weighted by molar-refractivity contribution is -0.131. The number of carbonyl (C=O) groups is 1. The summed E-state index contributed by atoms with van der Waals surface area (Å²) in [6, 6.07) is 1.51. The molecule has 2 fully saturated rings. The van der Waals surface area contributed by atoms with Gasteiger partial charge in [-0.2, -0.15) is 28.4 Å². The van der Waals surface area contributed by atoms with Crippen molar-refractivity contribution in [2.75, 3.05) is 51.3 Å². The van der Waals surface area contributed by atoms with Crippen molar-refractivity contribution in [3.63, 3.8) is 0 Å². The standard InChI is InChI=1S/C30H36F5N7O2/c1-4-27(43)42-13-12-41(17-23(42)8-10-36)28-25-9-11-40(22(15-30(33,34)35)7-5-6-20(2)31)18-26(25)37-29(38-28)44-19-24-14-21(32)16-39(24)3/h4-7,21,23-24H,1-2,8-9,11-19H2,3H3/b6-5-,22-7+/t21-,23?,24+/m0/s1. The number of piperazine rings is 1. The third kappa shape index (κ3) is 8.34. The number of likely N-dealkylation sites (tertiary alicyclic amines) is 1. The Kier molecular flexibility index (Phi) is 10.6. The molecule has 0 bridgehead atoms. The Labute approximate surface area is 253 Å². The van der Waals surface area contributed by atoms with Crippen LogP contribution in [0.5, 0.6) is 6.01 Å². The van der Waals surface area contributed by atoms with E-state index < -0.39 is 30.6 Å². The fourth-order valence-corrected chi connectivity index (χ4v) is 5.82. The molecule has 0 spiro atoms. The number of rotatable bonds is 10. The van der Waals surface area contributed by atoms with Crippen LogP contribution in [0.25, 0.3) is 0 Å². The van der Waals surface area contributed by atoms with Crippen molar-refractivity contribution in [1.82, 2.24) is 24.7 Å². The number of fused-ring (bicyclic) bond motifs is 1. The molecule has 0 aromatic carbocycles. The lowest BCUT2D eigenvalue weighted by Crippen LogP contribution is -2.55. The molecule has 0 aliphatic carbocycles. The second-order valence-electron chi connectivity index (χ2n) is 11.1. The lowest BCUT2D eigenvalue weighted by atomic mass is 10.0. The predicted octanol–water partition coefficient (Wildman–Crippen LogP) is 4.25. The second kappa shape index (κ2) is 14.2. The fraction of sp³-hybridized carbons (Fsp3) is 0.533. The van der Waals surface area contributed by atoms with Gasteiger partial charge in [0.15, 0.2) is 0 Å². The number of halogens is 5. The highest BCUT2D eigenvalue weighted by Gasteiger charge is 2.36. The molecule has 1 amide bonds. The van der Waals surface area contributed by atoms with E-state index in [0.717, 1.165) is 11.6 Å². The van der Waals surface area contributed by atoms with Gasteiger partial charge < -0.3 is 19.4 Å². The summed E-state index contributed by atoms with van der Waals surface area (Å²) in [6.07, 6.45) is -1.41. The number of carbonyl (C=O) groups excluding carboxylic acids is 1. The van der Waals surface area contributed by atoms with Gasteiger partial charge in [-0.15, -0.1) is 0 Å². The zero-order valence-corrected chi connectivity index (χ0v) is 24.6. The van der Waals surface area contributed by atoms with E-state index in [4.69, 9.17) is 9.72 Å². The minimum absolute atomic E-state index is 0.00714. The van der Waals surface area contributed by atoms with Gasteiger partial charge in [-0.3, -0.25) is 9.69 Å². The number of nitriles is 1. The summed E-state index contributed by atoms with van der Waals surface area (Å²) in [7, 11) is 1.80. The van der Waals surface area contributed by atoms with E-state index in [2.05, 4.69) is 24.2 Å². The van der Waals surface area contributed by atoms with Crippen molar-refractivity contribution in [2.45, 2.75) is 56.7 Å². The summed E-state index contributed by atoms with van der Waals surface area (Å²) < 4.78 is 73.6. The molecule has 14 heteroatoms. The number of hydrogen-bond donors (Lipinski definition) is 0. The van der Waals surface area contributed by atoms with Crippen molar-refractivity contribution >= 4 is 11.7 Å². The minimum Gasteiger partial charge on any atom is -0.462 e. The normalized spacial score (nSPS) is 23.1. The SMILES string of the molecule is C=CC(=O)N1CCN(c2nc(OC[C@H]3C[C@H](F)CN3C)nc3c2CCN(/C(=C/C=C\C(=C)F)CC(F)(F)F)C3)CC1CC#N. The smallest absolute Gasteiger partial charge is 0.394 e. The lowest BCUT2D eigenvalue weighted by Gasteiger charge is -2.42. The summed E-state index contributed by atoms with van der Waals surface area (Å²) >= 11 is 0. The fourth-order valence-electron chi connectivity index (χ4n) is 5.82. The number of likely N-dealkylation sites (N-methyl/N-ethyl adjacent to an activating group) is 1. The minimum atomic E-state index is -4.50. The van der Waals surface area contributed by atoms with Crippen molar-refractivity contribution in [3.8, 4) is 12.1 Å². The Morgan fingerprint density at radius 3 is 2.61 bits per heavy atom. The Morgan fingerprint density at radius 1 is 1.20 bits per heavy atom. The Balaban J connectivity index is 1.67. The summed E-state index contributed by atoms with van der Waals surface area (Å²) in [5, 5.41) is 9.42. The van der Waals surface area contributed by atoms with E-state index in [9.17, 15) is 32.0 Å². The molecule has 4 heterocycles. The van der Waals surface area contributed by atoms with E-state index in [-0.39, 0.29) is 56.3 Å². The number of amides is 1. The molecule has 238 valence electrons. The quantitative estimate of drug-likeness (QED) is 0.218. The number of anilines is 1. The molecular formula is C30H36F5N7O2. The van der Waals surface area contributed by atoms with E-state index in [1.54, 1.807) is 16.8 Å². The van der Waals surface area contributed by atoms with Gasteiger partial charge in [0, 0.05) is 50.0 Å². The molecule has 1 aromatic rings. The van der Waals surface area contributed by atoms with Gasteiger partial charge in [-0.05, 0) is 38.1 Å². The third-order valence-corrected chi connectivity index (χ3v) is 7.99. The number of ether oxygens (including phenoxy) is 1. The first-order chi connectivity index (χ1) is 20.9. The number of aromatic nitrogens is 2. The van der Waals surface area contributed by atoms with Crippen LogP contribution in [0.15, 0.2) is 49.0 Å². The zero-order valence-electron chi connectivity index (χ0n) is 24.6. The molecular weight excluding hydrogens is 585 g/mol. The molecule has 44 heavy (non-hydrogen) atoms. The van der Waals surface area contributed by atoms with Crippen LogP contribution in [0.3, 0.4) is 0 Å². The van der Waals surface area contributed by atoms with Crippen LogP contribution in [0.1, 0.15) is 30.5 Å². The number of nitrogens with zero attached hydrogens (tertiary/aromatic N) is 7. The van der Waals surface area contributed by atoms with Crippen LogP contribution >= 0.6 is 0 Å². The van der Waals surface area contributed by atoms with Crippen LogP contribution in [0.4, 0.5) is 27.8 Å². The average molecular weight is 622 g/mol. The van der Waals surface area contributed by atoms with Gasteiger partial charge in [0.25, 0.3) is 0 Å². The maximum absolute atomic E-state index is 14.0. The summed E-state index contributed by atoms with van der Waals surface area (Å²) in [5.74, 6) is -0.542. The van der Waals surface area contributed by atoms with E-state index in [1.165, 1.54) is 18.2 Å². The largest absolute Gasteiger partial charge is 0.462 e. The summed E-state index contributed by atoms with van der Waals surface area (Å²) in [6.45, 7) is 8.29. The second-order valence-corrected chi connectivity index (χ2v) is 11.1. The van der Waals surface area contributed by atoms with E-state index >= 15 is 0 Å². The number of alkyl halides is 4. The number of hydrogen-bond acceptors (Lipinski definition) is 8. The van der Waals surface area contributed by atoms with Crippen molar-refractivity contribution in [3.05, 3.63) is 60.2 Å². The highest BCUT2D eigenvalue weighted by atomic mass is 19.4. The molecule has 1 unspecified atom stereocenters. The van der Waals surface area contributed by atoms with Gasteiger partial charge in [0.2, 0.25) is 5.91 Å². The predicted molar refractivity (Wildman–Crippen MR) is 154 cm³/mol. The van der Waals surface area contributed by atoms with Crippen LogP contribution in [0.2, 0.25) is 0 Å². The van der Waals surface area contributed by atoms with Gasteiger partial charge in [0.1, 0.15) is 24.4 Å². The van der Waals surface area contributed by atoms with Crippen LogP contribution in [0, 0.1) is 11.3 Å². The number of allylic oxidation sites excluding steroid dienone is 5. The maximum atomic E-state index is 14.0. The topological polar surface area (TPSA) is 88.8 Å². The van der Waals surface area contributed by atoms with Crippen LogP contribution < -0.4 is 9.64 Å². The van der Waals surface area contributed by atoms with Gasteiger partial charge >= 0.3 is 12.2 Å². The van der Waals surface area contributed by atoms with E-state index in [1.807, 2.05) is 9.80 Å². The highest BCUT2D eigenvalue weighted by molar-refractivity contribution is 5.87. The van der Waals surface area contributed by atoms with Crippen molar-refractivity contribution in [2.24, 2.45) is 0 Å². The monoisotopic (exact) mass is 621 g/mol. The van der Waals surface area contributed by atoms with Gasteiger partial charge in [-0.25, -0.2) is 8.78 Å². The first kappa shape index (κ1) is 32.9. The highest BCUT2D eigenvalue weighted by Crippen LogP contribution is 2.34. The first-order valence-electron chi connectivity index (χ1n) is 14.3. The maximum Gasteiger partial charge on any atom is 0.394 e. The first-order valence-corrected chi connectivity index (χ1v) is 14.3. The molecule has 0 radical (unpaired) electrons. The van der Waals surface area contributed by atoms with Gasteiger partial charge in [-0.1, -0.05) is 19.2 Å². The Morgan fingerprint density at radius 2 is 1.98 bits per heavy atom. The third-order valence-electron chi connectivity index (χ3n) is 7.99. The summed E-state index contributed by atoms with van der Waals surface area (Å²) in [4.78, 5) is 28.6. The molecule has 3 aliphatic rings.